The number of aryl methyl sites for hydroxylation is 1. The zero-order valence-electron chi connectivity index (χ0n) is 20.3. The highest BCUT2D eigenvalue weighted by atomic mass is 32.2. The number of anilines is 1. The first kappa shape index (κ1) is 25.6. The summed E-state index contributed by atoms with van der Waals surface area (Å²) in [5.74, 6) is 0.607. The van der Waals surface area contributed by atoms with E-state index < -0.39 is 21.4 Å². The van der Waals surface area contributed by atoms with Crippen molar-refractivity contribution < 1.29 is 27.4 Å². The number of para-hydroxylation sites is 1. The largest absolute Gasteiger partial charge is 0.494 e. The van der Waals surface area contributed by atoms with Gasteiger partial charge in [0.05, 0.1) is 19.8 Å². The van der Waals surface area contributed by atoms with Crippen molar-refractivity contribution in [2.24, 2.45) is 0 Å². The van der Waals surface area contributed by atoms with Gasteiger partial charge in [-0.3, -0.25) is 9.29 Å². The number of hydrogen-bond acceptors (Lipinski definition) is 11. The van der Waals surface area contributed by atoms with Crippen molar-refractivity contribution in [2.75, 3.05) is 24.7 Å². The lowest BCUT2D eigenvalue weighted by molar-refractivity contribution is 0.0721. The molecule has 0 spiro atoms. The van der Waals surface area contributed by atoms with Gasteiger partial charge in [0.25, 0.3) is 0 Å². The first-order valence-electron chi connectivity index (χ1n) is 10.8. The second-order valence-electron chi connectivity index (χ2n) is 8.15. The highest BCUT2D eigenvalue weighted by molar-refractivity contribution is 7.92. The van der Waals surface area contributed by atoms with Crippen LogP contribution in [0.3, 0.4) is 0 Å². The molecule has 1 aromatic carbocycles. The molecule has 0 aliphatic carbocycles. The maximum Gasteiger partial charge on any atom is 0.243 e. The van der Waals surface area contributed by atoms with Crippen LogP contribution in [0.5, 0.6) is 11.5 Å². The van der Waals surface area contributed by atoms with E-state index in [-0.39, 0.29) is 23.2 Å². The second kappa shape index (κ2) is 9.88. The molecule has 0 unspecified atom stereocenters. The van der Waals surface area contributed by atoms with E-state index in [1.165, 1.54) is 38.1 Å². The SMILES string of the molecule is COc1cccc(OC)c1-n1c(NS(=O)(=O)C[C@@](C)(O)c2ncc(C#N)cn2)nnc1-c1ccc(C)o1. The first-order chi connectivity index (χ1) is 17.6. The van der Waals surface area contributed by atoms with E-state index in [4.69, 9.17) is 19.2 Å². The molecule has 0 bridgehead atoms. The number of ether oxygens (including phenoxy) is 2. The normalized spacial score (nSPS) is 13.0. The maximum absolute atomic E-state index is 13.2. The first-order valence-corrected chi connectivity index (χ1v) is 12.4. The summed E-state index contributed by atoms with van der Waals surface area (Å²) < 4.78 is 46.9. The summed E-state index contributed by atoms with van der Waals surface area (Å²) in [5, 5.41) is 28.0. The summed E-state index contributed by atoms with van der Waals surface area (Å²) in [4.78, 5) is 7.83. The van der Waals surface area contributed by atoms with E-state index in [1.807, 2.05) is 6.07 Å². The number of methoxy groups -OCH3 is 2. The topological polar surface area (TPSA) is 178 Å². The molecule has 0 radical (unpaired) electrons. The van der Waals surface area contributed by atoms with Crippen molar-refractivity contribution in [3.8, 4) is 34.8 Å². The van der Waals surface area contributed by atoms with Crippen LogP contribution >= 0.6 is 0 Å². The minimum Gasteiger partial charge on any atom is -0.494 e. The lowest BCUT2D eigenvalue weighted by Gasteiger charge is -2.22. The van der Waals surface area contributed by atoms with Gasteiger partial charge >= 0.3 is 0 Å². The Hall–Kier alpha value is -4.48. The van der Waals surface area contributed by atoms with Gasteiger partial charge < -0.3 is 19.0 Å². The van der Waals surface area contributed by atoms with E-state index in [2.05, 4.69) is 24.9 Å². The molecule has 14 heteroatoms. The average molecular weight is 526 g/mol. The van der Waals surface area contributed by atoms with Crippen LogP contribution in [0, 0.1) is 18.3 Å². The summed E-state index contributed by atoms with van der Waals surface area (Å²) >= 11 is 0. The third kappa shape index (κ3) is 5.22. The molecular formula is C23H23N7O6S. The smallest absolute Gasteiger partial charge is 0.243 e. The van der Waals surface area contributed by atoms with Gasteiger partial charge in [-0.2, -0.15) is 5.26 Å². The Morgan fingerprint density at radius 2 is 1.78 bits per heavy atom. The van der Waals surface area contributed by atoms with E-state index >= 15 is 0 Å². The fourth-order valence-corrected chi connectivity index (χ4v) is 4.95. The molecule has 37 heavy (non-hydrogen) atoms. The third-order valence-electron chi connectivity index (χ3n) is 5.23. The monoisotopic (exact) mass is 525 g/mol. The zero-order valence-corrected chi connectivity index (χ0v) is 21.1. The highest BCUT2D eigenvalue weighted by Gasteiger charge is 2.35. The van der Waals surface area contributed by atoms with Crippen LogP contribution in [-0.4, -0.2) is 58.2 Å². The van der Waals surface area contributed by atoms with Crippen LogP contribution in [0.25, 0.3) is 17.3 Å². The van der Waals surface area contributed by atoms with Crippen molar-refractivity contribution in [3.05, 3.63) is 59.9 Å². The Morgan fingerprint density at radius 1 is 1.14 bits per heavy atom. The van der Waals surface area contributed by atoms with E-state index in [1.54, 1.807) is 37.3 Å². The number of hydrogen-bond donors (Lipinski definition) is 2. The number of nitrogens with one attached hydrogen (secondary N) is 1. The lowest BCUT2D eigenvalue weighted by Crippen LogP contribution is -2.36. The molecule has 0 fully saturated rings. The summed E-state index contributed by atoms with van der Waals surface area (Å²) in [6.07, 6.45) is 2.39. The molecule has 0 aliphatic heterocycles. The molecule has 3 heterocycles. The minimum absolute atomic E-state index is 0.167. The number of nitriles is 1. The quantitative estimate of drug-likeness (QED) is 0.327. The van der Waals surface area contributed by atoms with Crippen LogP contribution in [0.2, 0.25) is 0 Å². The van der Waals surface area contributed by atoms with Gasteiger partial charge in [0.15, 0.2) is 11.6 Å². The van der Waals surface area contributed by atoms with Crippen molar-refractivity contribution in [1.29, 1.82) is 5.26 Å². The number of aliphatic hydroxyl groups is 1. The van der Waals surface area contributed by atoms with E-state index in [9.17, 15) is 13.5 Å². The summed E-state index contributed by atoms with van der Waals surface area (Å²) in [7, 11) is -1.36. The van der Waals surface area contributed by atoms with Crippen molar-refractivity contribution in [3.63, 3.8) is 0 Å². The molecule has 3 aromatic heterocycles. The molecule has 2 N–H and O–H groups in total. The van der Waals surface area contributed by atoms with Gasteiger partial charge in [-0.25, -0.2) is 18.4 Å². The van der Waals surface area contributed by atoms with Crippen LogP contribution in [0.4, 0.5) is 5.95 Å². The Bertz CT molecular complexity index is 1550. The standard InChI is InChI=1S/C23H23N7O6S/c1-14-8-9-18(36-14)20-27-28-22(30(20)19-16(34-3)6-5-7-17(19)35-4)29-37(32,33)13-23(2,31)21-25-11-15(10-24)12-26-21/h5-9,11-12,31H,13H2,1-4H3,(H,28,29)/t23-/m1/s1. The molecular weight excluding hydrogens is 502 g/mol. The molecule has 192 valence electrons. The van der Waals surface area contributed by atoms with Gasteiger partial charge in [-0.1, -0.05) is 6.07 Å². The molecule has 0 aliphatic rings. The summed E-state index contributed by atoms with van der Waals surface area (Å²) in [6.45, 7) is 3.00. The predicted octanol–water partition coefficient (Wildman–Crippen LogP) is 2.16. The summed E-state index contributed by atoms with van der Waals surface area (Å²) in [6, 6.07) is 10.3. The Kier molecular flexibility index (Phi) is 6.84. The van der Waals surface area contributed by atoms with Crippen LogP contribution in [0.15, 0.2) is 47.1 Å². The number of benzene rings is 1. The zero-order chi connectivity index (χ0) is 26.8. The fourth-order valence-electron chi connectivity index (χ4n) is 3.60. The molecule has 0 saturated carbocycles. The molecule has 1 atom stereocenters. The molecule has 0 saturated heterocycles. The van der Waals surface area contributed by atoms with E-state index in [0.29, 0.717) is 28.7 Å². The lowest BCUT2D eigenvalue weighted by atomic mass is 10.1. The van der Waals surface area contributed by atoms with Gasteiger partial charge in [0.2, 0.25) is 21.8 Å². The molecule has 4 rings (SSSR count). The fraction of sp³-hybridized carbons (Fsp3) is 0.261. The third-order valence-corrected chi connectivity index (χ3v) is 6.67. The number of rotatable bonds is 9. The summed E-state index contributed by atoms with van der Waals surface area (Å²) in [5.41, 5.74) is -1.50. The Morgan fingerprint density at radius 3 is 2.32 bits per heavy atom. The van der Waals surface area contributed by atoms with Gasteiger partial charge in [-0.05, 0) is 38.1 Å². The van der Waals surface area contributed by atoms with Crippen molar-refractivity contribution in [2.45, 2.75) is 19.4 Å². The Labute approximate surface area is 212 Å². The number of aromatic nitrogens is 5. The molecule has 4 aromatic rings. The second-order valence-corrected chi connectivity index (χ2v) is 9.87. The van der Waals surface area contributed by atoms with Crippen molar-refractivity contribution >= 4 is 16.0 Å². The van der Waals surface area contributed by atoms with E-state index in [0.717, 1.165) is 0 Å². The predicted molar refractivity (Wildman–Crippen MR) is 131 cm³/mol. The minimum atomic E-state index is -4.27. The number of sulfonamides is 1. The van der Waals surface area contributed by atoms with Crippen LogP contribution < -0.4 is 14.2 Å². The maximum atomic E-state index is 13.2. The van der Waals surface area contributed by atoms with Crippen molar-refractivity contribution in [1.82, 2.24) is 24.7 Å². The Balaban J connectivity index is 1.78. The molecule has 0 amide bonds. The number of nitrogens with zero attached hydrogens (tertiary/aromatic N) is 6. The van der Waals surface area contributed by atoms with Gasteiger partial charge in [0.1, 0.15) is 40.4 Å². The molecule has 13 nitrogen and oxygen atoms in total. The van der Waals surface area contributed by atoms with Gasteiger partial charge in [0, 0.05) is 12.4 Å². The van der Waals surface area contributed by atoms with Crippen LogP contribution in [0.1, 0.15) is 24.1 Å². The average Bonchev–Trinajstić information content (AvgIpc) is 3.48. The number of furan rings is 1. The highest BCUT2D eigenvalue weighted by Crippen LogP contribution is 2.38. The van der Waals surface area contributed by atoms with Gasteiger partial charge in [-0.15, -0.1) is 10.2 Å². The van der Waals surface area contributed by atoms with Crippen LogP contribution in [-0.2, 0) is 15.6 Å².